The van der Waals surface area contributed by atoms with Gasteiger partial charge in [0.25, 0.3) is 0 Å². The van der Waals surface area contributed by atoms with Gasteiger partial charge in [0, 0.05) is 42.7 Å². The van der Waals surface area contributed by atoms with E-state index in [4.69, 9.17) is 15.0 Å². The molecule has 262 valence electrons. The number of rotatable bonds is 6. The molecule has 3 aromatic heterocycles. The van der Waals surface area contributed by atoms with Crippen LogP contribution in [0, 0.1) is 0 Å². The van der Waals surface area contributed by atoms with Crippen molar-refractivity contribution in [3.05, 3.63) is 194 Å². The lowest BCUT2D eigenvalue weighted by molar-refractivity contribution is 1.07. The van der Waals surface area contributed by atoms with Crippen LogP contribution in [0.2, 0.25) is 0 Å². The second-order valence-electron chi connectivity index (χ2n) is 14.1. The summed E-state index contributed by atoms with van der Waals surface area (Å²) in [5.41, 5.74) is 9.82. The Balaban J connectivity index is 1.01. The predicted octanol–water partition coefficient (Wildman–Crippen LogP) is 13.7. The molecule has 5 heteroatoms. The largest absolute Gasteiger partial charge is 0.309 e. The highest BCUT2D eigenvalue weighted by atomic mass is 32.1. The summed E-state index contributed by atoms with van der Waals surface area (Å²) in [6, 6.07) is 68.7. The molecule has 0 radical (unpaired) electrons. The molecule has 4 nitrogen and oxygen atoms in total. The van der Waals surface area contributed by atoms with Gasteiger partial charge in [-0.1, -0.05) is 133 Å². The second-order valence-corrected chi connectivity index (χ2v) is 15.2. The zero-order valence-corrected chi connectivity index (χ0v) is 31.0. The fraction of sp³-hybridized carbons (Fsp3) is 0. The number of benzene rings is 8. The molecule has 0 amide bonds. The first-order valence-corrected chi connectivity index (χ1v) is 19.6. The molecule has 11 aromatic rings. The van der Waals surface area contributed by atoms with E-state index >= 15 is 0 Å². The van der Waals surface area contributed by atoms with Crippen LogP contribution in [0.4, 0.5) is 0 Å². The van der Waals surface area contributed by atoms with Crippen LogP contribution in [-0.4, -0.2) is 19.5 Å². The van der Waals surface area contributed by atoms with Gasteiger partial charge in [-0.3, -0.25) is 0 Å². The molecule has 3 heterocycles. The van der Waals surface area contributed by atoms with Gasteiger partial charge in [0.1, 0.15) is 0 Å². The third-order valence-electron chi connectivity index (χ3n) is 10.7. The van der Waals surface area contributed by atoms with Crippen LogP contribution in [-0.2, 0) is 0 Å². The van der Waals surface area contributed by atoms with Crippen molar-refractivity contribution in [3.8, 4) is 61.4 Å². The van der Waals surface area contributed by atoms with Crippen molar-refractivity contribution in [2.45, 2.75) is 0 Å². The maximum atomic E-state index is 5.13. The SMILES string of the molecule is c1ccc(-c2ccc3cc(-c4nc(-c5ccc(-c6cc7ccccc7s6)cc5)nc(-c5ccc(-n6c7ccccc7c7ccccc76)cc5)n4)ccc3c2)cc1. The van der Waals surface area contributed by atoms with Gasteiger partial charge < -0.3 is 4.57 Å². The molecular weight excluding hydrogens is 701 g/mol. The highest BCUT2D eigenvalue weighted by molar-refractivity contribution is 7.22. The van der Waals surface area contributed by atoms with Gasteiger partial charge in [0.05, 0.1) is 11.0 Å². The lowest BCUT2D eigenvalue weighted by Crippen LogP contribution is -2.00. The molecule has 0 atom stereocenters. The molecule has 0 saturated carbocycles. The second kappa shape index (κ2) is 13.3. The Morgan fingerprint density at radius 2 is 0.839 bits per heavy atom. The minimum atomic E-state index is 0.631. The van der Waals surface area contributed by atoms with Gasteiger partial charge in [0.15, 0.2) is 17.5 Å². The molecule has 56 heavy (non-hydrogen) atoms. The summed E-state index contributed by atoms with van der Waals surface area (Å²) in [6.45, 7) is 0. The first kappa shape index (κ1) is 32.2. The molecule has 11 rings (SSSR count). The van der Waals surface area contributed by atoms with E-state index in [1.165, 1.54) is 58.8 Å². The zero-order chi connectivity index (χ0) is 37.0. The van der Waals surface area contributed by atoms with E-state index in [0.29, 0.717) is 17.5 Å². The summed E-state index contributed by atoms with van der Waals surface area (Å²) in [4.78, 5) is 16.6. The Morgan fingerprint density at radius 1 is 0.339 bits per heavy atom. The Hall–Kier alpha value is -7.21. The Bertz CT molecular complexity index is 3150. The third-order valence-corrected chi connectivity index (χ3v) is 11.8. The smallest absolute Gasteiger partial charge is 0.164 e. The maximum absolute atomic E-state index is 5.13. The lowest BCUT2D eigenvalue weighted by Gasteiger charge is -2.11. The van der Waals surface area contributed by atoms with Crippen molar-refractivity contribution >= 4 is 54.0 Å². The minimum absolute atomic E-state index is 0.631. The molecule has 0 fully saturated rings. The Labute approximate surface area is 327 Å². The van der Waals surface area contributed by atoms with Gasteiger partial charge in [0.2, 0.25) is 0 Å². The first-order chi connectivity index (χ1) is 27.7. The van der Waals surface area contributed by atoms with E-state index in [-0.39, 0.29) is 0 Å². The van der Waals surface area contributed by atoms with Gasteiger partial charge in [-0.25, -0.2) is 15.0 Å². The van der Waals surface area contributed by atoms with Crippen molar-refractivity contribution in [3.63, 3.8) is 0 Å². The van der Waals surface area contributed by atoms with Crippen LogP contribution in [0.25, 0.3) is 104 Å². The van der Waals surface area contributed by atoms with Crippen LogP contribution in [0.1, 0.15) is 0 Å². The third kappa shape index (κ3) is 5.65. The topological polar surface area (TPSA) is 43.6 Å². The zero-order valence-electron chi connectivity index (χ0n) is 30.2. The summed E-state index contributed by atoms with van der Waals surface area (Å²) in [7, 11) is 0. The van der Waals surface area contributed by atoms with E-state index in [9.17, 15) is 0 Å². The fourth-order valence-electron chi connectivity index (χ4n) is 7.83. The van der Waals surface area contributed by atoms with Crippen molar-refractivity contribution in [2.24, 2.45) is 0 Å². The van der Waals surface area contributed by atoms with Crippen LogP contribution in [0.15, 0.2) is 194 Å². The summed E-state index contributed by atoms with van der Waals surface area (Å²) in [5, 5.41) is 6.04. The molecule has 0 aliphatic heterocycles. The van der Waals surface area contributed by atoms with Crippen molar-refractivity contribution in [1.82, 2.24) is 19.5 Å². The lowest BCUT2D eigenvalue weighted by atomic mass is 10.00. The van der Waals surface area contributed by atoms with E-state index in [1.54, 1.807) is 0 Å². The predicted molar refractivity (Wildman–Crippen MR) is 234 cm³/mol. The number of fused-ring (bicyclic) bond motifs is 5. The van der Waals surface area contributed by atoms with Crippen LogP contribution >= 0.6 is 11.3 Å². The summed E-state index contributed by atoms with van der Waals surface area (Å²) in [5.74, 6) is 1.91. The maximum Gasteiger partial charge on any atom is 0.164 e. The highest BCUT2D eigenvalue weighted by Gasteiger charge is 2.16. The first-order valence-electron chi connectivity index (χ1n) is 18.8. The average molecular weight is 733 g/mol. The molecule has 0 aliphatic rings. The molecule has 8 aromatic carbocycles. The molecule has 0 saturated heterocycles. The molecule has 0 bridgehead atoms. The number of hydrogen-bond acceptors (Lipinski definition) is 4. The minimum Gasteiger partial charge on any atom is -0.309 e. The summed E-state index contributed by atoms with van der Waals surface area (Å²) in [6.07, 6.45) is 0. The molecule has 0 unspecified atom stereocenters. The van der Waals surface area contributed by atoms with E-state index in [2.05, 4.69) is 193 Å². The van der Waals surface area contributed by atoms with E-state index in [1.807, 2.05) is 17.4 Å². The summed E-state index contributed by atoms with van der Waals surface area (Å²) < 4.78 is 3.61. The number of hydrogen-bond donors (Lipinski definition) is 0. The number of para-hydroxylation sites is 2. The highest BCUT2D eigenvalue weighted by Crippen LogP contribution is 2.36. The number of aromatic nitrogens is 4. The van der Waals surface area contributed by atoms with Gasteiger partial charge in [-0.05, 0) is 93.5 Å². The Kier molecular flexibility index (Phi) is 7.64. The molecule has 0 spiro atoms. The molecular formula is C51H32N4S. The van der Waals surface area contributed by atoms with Crippen molar-refractivity contribution < 1.29 is 0 Å². The monoisotopic (exact) mass is 732 g/mol. The van der Waals surface area contributed by atoms with Gasteiger partial charge in [-0.15, -0.1) is 11.3 Å². The standard InChI is InChI=1S/C51H32N4S/c1-2-10-33(11-3-1)37-22-23-39-31-41(25-24-38(39)30-37)51-53-49(35-20-18-34(19-21-35)48-32-40-12-4-9-17-47(40)56-48)52-50(54-51)36-26-28-42(29-27-36)55-45-15-7-5-13-43(45)44-14-6-8-16-46(44)55/h1-32H. The van der Waals surface area contributed by atoms with E-state index < -0.39 is 0 Å². The average Bonchev–Trinajstić information content (AvgIpc) is 3.86. The quantitative estimate of drug-likeness (QED) is 0.171. The number of nitrogens with zero attached hydrogens (tertiary/aromatic N) is 4. The van der Waals surface area contributed by atoms with Crippen molar-refractivity contribution in [1.29, 1.82) is 0 Å². The van der Waals surface area contributed by atoms with Crippen molar-refractivity contribution in [2.75, 3.05) is 0 Å². The van der Waals surface area contributed by atoms with Gasteiger partial charge >= 0.3 is 0 Å². The Morgan fingerprint density at radius 3 is 1.50 bits per heavy atom. The van der Waals surface area contributed by atoms with Crippen LogP contribution < -0.4 is 0 Å². The normalized spacial score (nSPS) is 11.6. The van der Waals surface area contributed by atoms with Crippen LogP contribution in [0.5, 0.6) is 0 Å². The fourth-order valence-corrected chi connectivity index (χ4v) is 8.89. The molecule has 0 aliphatic carbocycles. The van der Waals surface area contributed by atoms with Crippen LogP contribution in [0.3, 0.4) is 0 Å². The number of thiophene rings is 1. The van der Waals surface area contributed by atoms with E-state index in [0.717, 1.165) is 27.8 Å². The molecule has 0 N–H and O–H groups in total. The summed E-state index contributed by atoms with van der Waals surface area (Å²) >= 11 is 1.81. The van der Waals surface area contributed by atoms with Gasteiger partial charge in [-0.2, -0.15) is 0 Å².